The van der Waals surface area contributed by atoms with Gasteiger partial charge in [0.1, 0.15) is 16.7 Å². The van der Waals surface area contributed by atoms with Crippen molar-refractivity contribution in [2.45, 2.75) is 18.1 Å². The Kier molecular flexibility index (Phi) is 8.60. The summed E-state index contributed by atoms with van der Waals surface area (Å²) in [5.41, 5.74) is 2.15. The number of carbonyl (C=O) groups excluding carboxylic acids is 2. The van der Waals surface area contributed by atoms with Gasteiger partial charge in [-0.1, -0.05) is 76.9 Å². The van der Waals surface area contributed by atoms with Gasteiger partial charge in [0.25, 0.3) is 5.91 Å². The number of thioether (sulfide) groups is 1. The van der Waals surface area contributed by atoms with Crippen molar-refractivity contribution in [1.82, 2.24) is 5.32 Å². The van der Waals surface area contributed by atoms with E-state index in [0.717, 1.165) is 17.3 Å². The van der Waals surface area contributed by atoms with Crippen molar-refractivity contribution in [2.75, 3.05) is 11.4 Å². The van der Waals surface area contributed by atoms with Crippen LogP contribution in [0.3, 0.4) is 0 Å². The first-order chi connectivity index (χ1) is 17.4. The van der Waals surface area contributed by atoms with E-state index in [4.69, 9.17) is 34.8 Å². The number of anilines is 1. The molecule has 3 aromatic rings. The number of nitrogens with one attached hydrogen (secondary N) is 1. The van der Waals surface area contributed by atoms with Gasteiger partial charge in [0.2, 0.25) is 5.91 Å². The van der Waals surface area contributed by atoms with Crippen molar-refractivity contribution in [3.05, 3.63) is 110 Å². The standard InChI is InChI=1S/C27H20Cl3N3O2S/c28-19-6-9-21(10-7-19)33-26(35)24(15-18-14-20(29)8-11-23(18)30)36-27(33)22(16-31)25(34)32-13-12-17-4-2-1-3-5-17/h1-11,14,24H,12-13,15H2,(H,32,34). The molecule has 1 aliphatic heterocycles. The maximum Gasteiger partial charge on any atom is 0.264 e. The Morgan fingerprint density at radius 1 is 1.00 bits per heavy atom. The third-order valence-electron chi connectivity index (χ3n) is 5.55. The quantitative estimate of drug-likeness (QED) is 0.269. The van der Waals surface area contributed by atoms with Gasteiger partial charge in [0.05, 0.1) is 5.25 Å². The van der Waals surface area contributed by atoms with Crippen LogP contribution in [-0.4, -0.2) is 23.6 Å². The number of hydrogen-bond donors (Lipinski definition) is 1. The fourth-order valence-electron chi connectivity index (χ4n) is 3.76. The van der Waals surface area contributed by atoms with Gasteiger partial charge in [-0.05, 0) is 66.4 Å². The number of hydrogen-bond acceptors (Lipinski definition) is 4. The number of nitrogens with zero attached hydrogens (tertiary/aromatic N) is 2. The van der Waals surface area contributed by atoms with Crippen LogP contribution in [-0.2, 0) is 22.4 Å². The van der Waals surface area contributed by atoms with E-state index in [2.05, 4.69) is 5.32 Å². The molecule has 2 amide bonds. The largest absolute Gasteiger partial charge is 0.351 e. The summed E-state index contributed by atoms with van der Waals surface area (Å²) in [5.74, 6) is -0.803. The molecular formula is C27H20Cl3N3O2S. The summed E-state index contributed by atoms with van der Waals surface area (Å²) in [7, 11) is 0. The lowest BCUT2D eigenvalue weighted by atomic mass is 10.1. The van der Waals surface area contributed by atoms with E-state index in [1.165, 1.54) is 4.90 Å². The average Bonchev–Trinajstić information content (AvgIpc) is 3.18. The number of amides is 2. The van der Waals surface area contributed by atoms with E-state index in [1.807, 2.05) is 36.4 Å². The number of rotatable bonds is 7. The van der Waals surface area contributed by atoms with Crippen LogP contribution in [0.1, 0.15) is 11.1 Å². The van der Waals surface area contributed by atoms with Crippen molar-refractivity contribution >= 4 is 64.1 Å². The van der Waals surface area contributed by atoms with E-state index >= 15 is 0 Å². The van der Waals surface area contributed by atoms with Gasteiger partial charge < -0.3 is 5.32 Å². The summed E-state index contributed by atoms with van der Waals surface area (Å²) in [5, 5.41) is 13.9. The molecule has 1 aliphatic rings. The molecule has 0 aromatic heterocycles. The molecule has 36 heavy (non-hydrogen) atoms. The van der Waals surface area contributed by atoms with Gasteiger partial charge in [-0.25, -0.2) is 0 Å². The Balaban J connectivity index is 1.64. The Morgan fingerprint density at radius 2 is 1.69 bits per heavy atom. The first-order valence-corrected chi connectivity index (χ1v) is 13.1. The van der Waals surface area contributed by atoms with Crippen LogP contribution in [0.5, 0.6) is 0 Å². The highest BCUT2D eigenvalue weighted by atomic mass is 35.5. The van der Waals surface area contributed by atoms with Crippen LogP contribution >= 0.6 is 46.6 Å². The van der Waals surface area contributed by atoms with Crippen LogP contribution in [0, 0.1) is 11.3 Å². The lowest BCUT2D eigenvalue weighted by Crippen LogP contribution is -2.32. The summed E-state index contributed by atoms with van der Waals surface area (Å²) in [4.78, 5) is 28.0. The van der Waals surface area contributed by atoms with E-state index in [-0.39, 0.29) is 22.9 Å². The summed E-state index contributed by atoms with van der Waals surface area (Å²) in [6.07, 6.45) is 0.897. The van der Waals surface area contributed by atoms with Crippen molar-refractivity contribution in [2.24, 2.45) is 0 Å². The molecule has 1 N–H and O–H groups in total. The SMILES string of the molecule is N#CC(C(=O)NCCc1ccccc1)=C1SC(Cc2cc(Cl)ccc2Cl)C(=O)N1c1ccc(Cl)cc1. The number of benzene rings is 3. The lowest BCUT2D eigenvalue weighted by Gasteiger charge is -2.19. The zero-order chi connectivity index (χ0) is 25.7. The van der Waals surface area contributed by atoms with Gasteiger partial charge in [0.15, 0.2) is 0 Å². The van der Waals surface area contributed by atoms with E-state index in [1.54, 1.807) is 42.5 Å². The highest BCUT2D eigenvalue weighted by Gasteiger charge is 2.41. The Labute approximate surface area is 228 Å². The third kappa shape index (κ3) is 6.05. The number of nitriles is 1. The smallest absolute Gasteiger partial charge is 0.264 e. The molecule has 0 spiro atoms. The van der Waals surface area contributed by atoms with Crippen LogP contribution in [0.2, 0.25) is 15.1 Å². The van der Waals surface area contributed by atoms with Crippen LogP contribution in [0.4, 0.5) is 5.69 Å². The maximum absolute atomic E-state index is 13.6. The molecule has 1 atom stereocenters. The van der Waals surface area contributed by atoms with E-state index < -0.39 is 11.2 Å². The molecule has 182 valence electrons. The zero-order valence-corrected chi connectivity index (χ0v) is 22.0. The van der Waals surface area contributed by atoms with Gasteiger partial charge >= 0.3 is 0 Å². The van der Waals surface area contributed by atoms with Crippen molar-refractivity contribution < 1.29 is 9.59 Å². The normalized spacial score (nSPS) is 16.6. The van der Waals surface area contributed by atoms with Gasteiger partial charge in [-0.2, -0.15) is 5.26 Å². The molecule has 5 nitrogen and oxygen atoms in total. The fraction of sp³-hybridized carbons (Fsp3) is 0.148. The van der Waals surface area contributed by atoms with Gasteiger partial charge in [-0.3, -0.25) is 14.5 Å². The first-order valence-electron chi connectivity index (χ1n) is 11.0. The molecule has 1 saturated heterocycles. The molecule has 3 aromatic carbocycles. The second-order valence-corrected chi connectivity index (χ2v) is 10.5. The molecular weight excluding hydrogens is 537 g/mol. The Hall–Kier alpha value is -2.95. The molecule has 0 saturated carbocycles. The maximum atomic E-state index is 13.6. The summed E-state index contributed by atoms with van der Waals surface area (Å²) >= 11 is 19.7. The third-order valence-corrected chi connectivity index (χ3v) is 7.66. The predicted octanol–water partition coefficient (Wildman–Crippen LogP) is 6.43. The van der Waals surface area contributed by atoms with Gasteiger partial charge in [0, 0.05) is 27.3 Å². The summed E-state index contributed by atoms with van der Waals surface area (Å²) < 4.78 is 0. The summed E-state index contributed by atoms with van der Waals surface area (Å²) in [6.45, 7) is 0.350. The minimum absolute atomic E-state index is 0.129. The molecule has 0 aliphatic carbocycles. The highest BCUT2D eigenvalue weighted by Crippen LogP contribution is 2.42. The molecule has 0 radical (unpaired) electrons. The highest BCUT2D eigenvalue weighted by molar-refractivity contribution is 8.05. The van der Waals surface area contributed by atoms with Crippen molar-refractivity contribution in [3.63, 3.8) is 0 Å². The Morgan fingerprint density at radius 3 is 2.39 bits per heavy atom. The monoisotopic (exact) mass is 555 g/mol. The topological polar surface area (TPSA) is 73.2 Å². The van der Waals surface area contributed by atoms with Crippen LogP contribution in [0.15, 0.2) is 83.4 Å². The zero-order valence-electron chi connectivity index (χ0n) is 18.9. The fourth-order valence-corrected chi connectivity index (χ4v) is 5.58. The number of carbonyl (C=O) groups is 2. The van der Waals surface area contributed by atoms with E-state index in [0.29, 0.717) is 39.3 Å². The number of halogens is 3. The van der Waals surface area contributed by atoms with Gasteiger partial charge in [-0.15, -0.1) is 0 Å². The molecule has 1 heterocycles. The minimum Gasteiger partial charge on any atom is -0.351 e. The molecule has 0 bridgehead atoms. The van der Waals surface area contributed by atoms with E-state index in [9.17, 15) is 14.9 Å². The lowest BCUT2D eigenvalue weighted by molar-refractivity contribution is -0.117. The van der Waals surface area contributed by atoms with Crippen molar-refractivity contribution in [3.8, 4) is 6.07 Å². The predicted molar refractivity (Wildman–Crippen MR) is 146 cm³/mol. The minimum atomic E-state index is -0.605. The second kappa shape index (κ2) is 11.9. The van der Waals surface area contributed by atoms with Crippen molar-refractivity contribution in [1.29, 1.82) is 5.26 Å². The summed E-state index contributed by atoms with van der Waals surface area (Å²) in [6, 6.07) is 23.5. The Bertz CT molecular complexity index is 1350. The second-order valence-electron chi connectivity index (χ2n) is 7.98. The van der Waals surface area contributed by atoms with Crippen LogP contribution < -0.4 is 10.2 Å². The first kappa shape index (κ1) is 26.1. The molecule has 1 unspecified atom stereocenters. The van der Waals surface area contributed by atoms with Crippen LogP contribution in [0.25, 0.3) is 0 Å². The molecule has 9 heteroatoms. The molecule has 1 fully saturated rings. The average molecular weight is 557 g/mol. The molecule has 4 rings (SSSR count).